The Morgan fingerprint density at radius 2 is 1.77 bits per heavy atom. The van der Waals surface area contributed by atoms with Crippen LogP contribution in [0.15, 0.2) is 51.7 Å². The number of hydrogen-bond donors (Lipinski definition) is 1. The Balaban J connectivity index is 2.43. The molecule has 0 aliphatic heterocycles. The lowest BCUT2D eigenvalue weighted by atomic mass is 9.99. The van der Waals surface area contributed by atoms with E-state index in [2.05, 4.69) is 0 Å². The fourth-order valence-electron chi connectivity index (χ4n) is 2.77. The fraction of sp³-hybridized carbons (Fsp3) is 0.211. The Hall–Kier alpha value is -2.39. The van der Waals surface area contributed by atoms with Gasteiger partial charge < -0.3 is 10.2 Å². The molecular weight excluding hydrogens is 274 g/mol. The molecule has 0 bridgehead atoms. The molecule has 0 aliphatic rings. The molecule has 22 heavy (non-hydrogen) atoms. The van der Waals surface area contributed by atoms with E-state index in [1.54, 1.807) is 0 Å². The fourth-order valence-corrected chi connectivity index (χ4v) is 2.77. The van der Waals surface area contributed by atoms with Crippen molar-refractivity contribution in [1.82, 2.24) is 0 Å². The molecule has 3 rings (SSSR count). The van der Waals surface area contributed by atoms with Gasteiger partial charge in [0.25, 0.3) is 0 Å². The highest BCUT2D eigenvalue weighted by molar-refractivity contribution is 5.84. The summed E-state index contributed by atoms with van der Waals surface area (Å²) >= 11 is 0. The van der Waals surface area contributed by atoms with E-state index in [4.69, 9.17) is 10.2 Å². The van der Waals surface area contributed by atoms with Gasteiger partial charge in [0, 0.05) is 22.7 Å². The van der Waals surface area contributed by atoms with Crippen molar-refractivity contribution < 1.29 is 4.42 Å². The second kappa shape index (κ2) is 5.43. The van der Waals surface area contributed by atoms with E-state index in [-0.39, 0.29) is 11.5 Å². The summed E-state index contributed by atoms with van der Waals surface area (Å²) < 4.78 is 6.13. The van der Waals surface area contributed by atoms with Crippen molar-refractivity contribution in [1.29, 1.82) is 0 Å². The van der Waals surface area contributed by atoms with Crippen molar-refractivity contribution in [3.8, 4) is 11.3 Å². The van der Waals surface area contributed by atoms with E-state index < -0.39 is 0 Å². The highest BCUT2D eigenvalue weighted by atomic mass is 16.3. The van der Waals surface area contributed by atoms with Crippen LogP contribution in [0.4, 0.5) is 0 Å². The number of benzene rings is 2. The van der Waals surface area contributed by atoms with Gasteiger partial charge in [-0.15, -0.1) is 0 Å². The normalized spacial score (nSPS) is 12.5. The summed E-state index contributed by atoms with van der Waals surface area (Å²) in [5.74, 6) is 0.615. The van der Waals surface area contributed by atoms with Crippen molar-refractivity contribution in [2.45, 2.75) is 26.8 Å². The molecule has 112 valence electrons. The second-order valence-electron chi connectivity index (χ2n) is 5.77. The highest BCUT2D eigenvalue weighted by Gasteiger charge is 2.17. The number of aryl methyl sites for hydroxylation is 1. The molecule has 1 aromatic heterocycles. The average molecular weight is 293 g/mol. The van der Waals surface area contributed by atoms with Crippen LogP contribution in [0.1, 0.15) is 29.7 Å². The van der Waals surface area contributed by atoms with Crippen LogP contribution in [0, 0.1) is 13.8 Å². The van der Waals surface area contributed by atoms with Crippen molar-refractivity contribution >= 4 is 11.0 Å². The van der Waals surface area contributed by atoms with E-state index in [9.17, 15) is 4.79 Å². The van der Waals surface area contributed by atoms with Gasteiger partial charge in [0.2, 0.25) is 0 Å². The molecule has 0 fully saturated rings. The Kier molecular flexibility index (Phi) is 3.59. The zero-order chi connectivity index (χ0) is 15.9. The zero-order valence-electron chi connectivity index (χ0n) is 13.0. The van der Waals surface area contributed by atoms with Gasteiger partial charge in [-0.05, 0) is 32.4 Å². The molecule has 2 aromatic carbocycles. The first-order valence-electron chi connectivity index (χ1n) is 7.38. The maximum atomic E-state index is 12.7. The minimum Gasteiger partial charge on any atom is -0.455 e. The smallest absolute Gasteiger partial charge is 0.196 e. The van der Waals surface area contributed by atoms with Crippen LogP contribution in [-0.2, 0) is 0 Å². The molecule has 2 N–H and O–H groups in total. The predicted molar refractivity (Wildman–Crippen MR) is 90.0 cm³/mol. The van der Waals surface area contributed by atoms with Crippen LogP contribution in [0.5, 0.6) is 0 Å². The van der Waals surface area contributed by atoms with Crippen molar-refractivity contribution in [2.75, 3.05) is 0 Å². The van der Waals surface area contributed by atoms with Gasteiger partial charge in [-0.2, -0.15) is 0 Å². The first kappa shape index (κ1) is 14.5. The Morgan fingerprint density at radius 3 is 2.41 bits per heavy atom. The van der Waals surface area contributed by atoms with Gasteiger partial charge in [-0.3, -0.25) is 4.79 Å². The molecule has 3 heteroatoms. The van der Waals surface area contributed by atoms with Crippen molar-refractivity contribution in [3.63, 3.8) is 0 Å². The number of rotatable bonds is 2. The lowest BCUT2D eigenvalue weighted by Gasteiger charge is -2.13. The summed E-state index contributed by atoms with van der Waals surface area (Å²) in [7, 11) is 0. The molecule has 0 amide bonds. The van der Waals surface area contributed by atoms with E-state index >= 15 is 0 Å². The predicted octanol–water partition coefficient (Wildman–Crippen LogP) is 4.10. The lowest BCUT2D eigenvalue weighted by molar-refractivity contribution is 0.603. The summed E-state index contributed by atoms with van der Waals surface area (Å²) in [5.41, 5.74) is 10.1. The van der Waals surface area contributed by atoms with Gasteiger partial charge in [-0.1, -0.05) is 36.4 Å². The van der Waals surface area contributed by atoms with Crippen LogP contribution in [0.25, 0.3) is 22.3 Å². The second-order valence-corrected chi connectivity index (χ2v) is 5.77. The van der Waals surface area contributed by atoms with E-state index in [1.165, 1.54) is 0 Å². The summed E-state index contributed by atoms with van der Waals surface area (Å²) in [6.45, 7) is 5.67. The molecule has 0 aliphatic carbocycles. The van der Waals surface area contributed by atoms with Crippen LogP contribution in [0.3, 0.4) is 0 Å². The van der Waals surface area contributed by atoms with E-state index in [1.807, 2.05) is 63.2 Å². The molecule has 3 nitrogen and oxygen atoms in total. The molecule has 0 saturated carbocycles. The number of hydrogen-bond acceptors (Lipinski definition) is 3. The molecule has 1 heterocycles. The van der Waals surface area contributed by atoms with Gasteiger partial charge in [0.05, 0.1) is 5.39 Å². The standard InChI is InChI=1S/C19H19NO2/c1-11-9-15(13(3)20)19-16(10-11)17(21)12(2)18(22-19)14-7-5-4-6-8-14/h4-10,13H,20H2,1-3H3. The first-order chi connectivity index (χ1) is 10.5. The third kappa shape index (κ3) is 2.34. The summed E-state index contributed by atoms with van der Waals surface area (Å²) in [4.78, 5) is 12.7. The van der Waals surface area contributed by atoms with Crippen LogP contribution in [-0.4, -0.2) is 0 Å². The molecular formula is C19H19NO2. The Morgan fingerprint density at radius 1 is 1.09 bits per heavy atom. The van der Waals surface area contributed by atoms with Gasteiger partial charge in [0.1, 0.15) is 11.3 Å². The highest BCUT2D eigenvalue weighted by Crippen LogP contribution is 2.29. The van der Waals surface area contributed by atoms with E-state index in [0.29, 0.717) is 22.3 Å². The van der Waals surface area contributed by atoms with Crippen molar-refractivity contribution in [2.24, 2.45) is 5.73 Å². The SMILES string of the molecule is Cc1cc(C(C)N)c2oc(-c3ccccc3)c(C)c(=O)c2c1. The molecule has 0 radical (unpaired) electrons. The van der Waals surface area contributed by atoms with E-state index in [0.717, 1.165) is 16.7 Å². The molecule has 3 aromatic rings. The number of nitrogens with two attached hydrogens (primary N) is 1. The van der Waals surface area contributed by atoms with Crippen molar-refractivity contribution in [3.05, 3.63) is 69.4 Å². The van der Waals surface area contributed by atoms with Crippen LogP contribution in [0.2, 0.25) is 0 Å². The number of fused-ring (bicyclic) bond motifs is 1. The first-order valence-corrected chi connectivity index (χ1v) is 7.38. The molecule has 0 spiro atoms. The van der Waals surface area contributed by atoms with Gasteiger partial charge >= 0.3 is 0 Å². The molecule has 1 unspecified atom stereocenters. The molecule has 1 atom stereocenters. The Bertz CT molecular complexity index is 893. The topological polar surface area (TPSA) is 56.2 Å². The zero-order valence-corrected chi connectivity index (χ0v) is 13.0. The third-order valence-electron chi connectivity index (χ3n) is 3.92. The van der Waals surface area contributed by atoms with Gasteiger partial charge in [0.15, 0.2) is 5.43 Å². The summed E-state index contributed by atoms with van der Waals surface area (Å²) in [5, 5.41) is 0.601. The summed E-state index contributed by atoms with van der Waals surface area (Å²) in [6.07, 6.45) is 0. The Labute approximate surface area is 129 Å². The monoisotopic (exact) mass is 293 g/mol. The quantitative estimate of drug-likeness (QED) is 0.774. The molecule has 0 saturated heterocycles. The maximum absolute atomic E-state index is 12.7. The van der Waals surface area contributed by atoms with Crippen LogP contribution >= 0.6 is 0 Å². The lowest BCUT2D eigenvalue weighted by Crippen LogP contribution is -2.12. The average Bonchev–Trinajstić information content (AvgIpc) is 2.51. The minimum absolute atomic E-state index is 0.00528. The van der Waals surface area contributed by atoms with Crippen LogP contribution < -0.4 is 11.2 Å². The summed E-state index contributed by atoms with van der Waals surface area (Å²) in [6, 6.07) is 13.3. The van der Waals surface area contributed by atoms with Gasteiger partial charge in [-0.25, -0.2) is 0 Å². The maximum Gasteiger partial charge on any atom is 0.196 e. The largest absolute Gasteiger partial charge is 0.455 e. The minimum atomic E-state index is -0.197. The third-order valence-corrected chi connectivity index (χ3v) is 3.92.